The molecule has 1 aromatic rings. The van der Waals surface area contributed by atoms with E-state index in [1.807, 2.05) is 12.1 Å². The number of piperidine rings is 1. The lowest BCUT2D eigenvalue weighted by Crippen LogP contribution is -2.52. The number of methoxy groups -OCH3 is 1. The Morgan fingerprint density at radius 1 is 1.15 bits per heavy atom. The molecule has 0 aromatic heterocycles. The van der Waals surface area contributed by atoms with Gasteiger partial charge in [0.15, 0.2) is 0 Å². The normalized spacial score (nSPS) is 22.8. The van der Waals surface area contributed by atoms with E-state index in [4.69, 9.17) is 4.74 Å². The second-order valence-electron chi connectivity index (χ2n) is 6.76. The fourth-order valence-electron chi connectivity index (χ4n) is 3.97. The molecule has 136 valence electrons. The lowest BCUT2D eigenvalue weighted by atomic mass is 9.95. The van der Waals surface area contributed by atoms with Crippen molar-refractivity contribution in [1.29, 1.82) is 0 Å². The maximum atomic E-state index is 12.9. The average molecular weight is 355 g/mol. The number of amides is 3. The number of ether oxygens (including phenoxy) is 1. The van der Waals surface area contributed by atoms with Gasteiger partial charge in [-0.15, -0.1) is 0 Å². The van der Waals surface area contributed by atoms with Gasteiger partial charge < -0.3 is 15.0 Å². The van der Waals surface area contributed by atoms with Crippen molar-refractivity contribution >= 4 is 23.3 Å². The molecule has 3 aliphatic heterocycles. The summed E-state index contributed by atoms with van der Waals surface area (Å²) in [4.78, 5) is 38.0. The quantitative estimate of drug-likeness (QED) is 0.785. The van der Waals surface area contributed by atoms with Gasteiger partial charge in [-0.2, -0.15) is 0 Å². The van der Waals surface area contributed by atoms with Gasteiger partial charge in [-0.05, 0) is 31.0 Å². The molecule has 3 amide bonds. The Morgan fingerprint density at radius 3 is 2.65 bits per heavy atom. The third-order valence-corrected chi connectivity index (χ3v) is 5.28. The van der Waals surface area contributed by atoms with Crippen molar-refractivity contribution < 1.29 is 19.1 Å². The van der Waals surface area contributed by atoms with E-state index in [1.54, 1.807) is 12.0 Å². The Labute approximate surface area is 151 Å². The van der Waals surface area contributed by atoms with Crippen LogP contribution < -0.4 is 15.4 Å². The molecule has 7 heteroatoms. The minimum absolute atomic E-state index is 0.182. The molecular weight excluding hydrogens is 334 g/mol. The van der Waals surface area contributed by atoms with E-state index in [0.717, 1.165) is 30.6 Å². The van der Waals surface area contributed by atoms with E-state index >= 15 is 0 Å². The maximum Gasteiger partial charge on any atom is 0.255 e. The molecule has 4 rings (SSSR count). The van der Waals surface area contributed by atoms with Gasteiger partial charge in [-0.1, -0.05) is 12.1 Å². The molecular formula is C19H21N3O4. The van der Waals surface area contributed by atoms with Crippen molar-refractivity contribution in [3.63, 3.8) is 0 Å². The van der Waals surface area contributed by atoms with Gasteiger partial charge in [0, 0.05) is 29.7 Å². The van der Waals surface area contributed by atoms with E-state index in [1.165, 1.54) is 5.57 Å². The van der Waals surface area contributed by atoms with Crippen LogP contribution in [0.25, 0.3) is 5.57 Å². The zero-order chi connectivity index (χ0) is 18.3. The molecule has 3 heterocycles. The molecule has 1 unspecified atom stereocenters. The van der Waals surface area contributed by atoms with Gasteiger partial charge in [0.1, 0.15) is 11.8 Å². The van der Waals surface area contributed by atoms with E-state index in [0.29, 0.717) is 24.3 Å². The molecule has 0 spiro atoms. The molecule has 2 N–H and O–H groups in total. The van der Waals surface area contributed by atoms with Crippen molar-refractivity contribution in [2.45, 2.75) is 31.8 Å². The molecule has 3 aliphatic rings. The van der Waals surface area contributed by atoms with Crippen molar-refractivity contribution in [1.82, 2.24) is 15.5 Å². The first-order chi connectivity index (χ1) is 12.6. The summed E-state index contributed by atoms with van der Waals surface area (Å²) in [6.45, 7) is 2.05. The molecule has 0 radical (unpaired) electrons. The average Bonchev–Trinajstić information content (AvgIpc) is 2.98. The predicted molar refractivity (Wildman–Crippen MR) is 94.5 cm³/mol. The van der Waals surface area contributed by atoms with Crippen molar-refractivity contribution in [2.24, 2.45) is 0 Å². The lowest BCUT2D eigenvalue weighted by Gasteiger charge is -2.29. The molecule has 0 saturated carbocycles. The summed E-state index contributed by atoms with van der Waals surface area (Å²) < 4.78 is 5.67. The van der Waals surface area contributed by atoms with Crippen LogP contribution in [-0.4, -0.2) is 48.9 Å². The monoisotopic (exact) mass is 355 g/mol. The molecule has 0 aliphatic carbocycles. The number of carbonyl (C=O) groups excluding carboxylic acids is 3. The molecule has 1 saturated heterocycles. The largest absolute Gasteiger partial charge is 0.496 e. The van der Waals surface area contributed by atoms with E-state index in [9.17, 15) is 14.4 Å². The van der Waals surface area contributed by atoms with Crippen LogP contribution in [0.4, 0.5) is 0 Å². The maximum absolute atomic E-state index is 12.9. The zero-order valence-corrected chi connectivity index (χ0v) is 14.6. The molecule has 1 fully saturated rings. The predicted octanol–water partition coefficient (Wildman–Crippen LogP) is 0.833. The van der Waals surface area contributed by atoms with Crippen molar-refractivity contribution in [2.75, 3.05) is 20.2 Å². The van der Waals surface area contributed by atoms with Crippen LogP contribution in [0.15, 0.2) is 18.2 Å². The summed E-state index contributed by atoms with van der Waals surface area (Å²) in [7, 11) is 1.61. The minimum Gasteiger partial charge on any atom is -0.496 e. The van der Waals surface area contributed by atoms with Gasteiger partial charge >= 0.3 is 0 Å². The Kier molecular flexibility index (Phi) is 4.24. The Morgan fingerprint density at radius 2 is 1.96 bits per heavy atom. The van der Waals surface area contributed by atoms with E-state index in [2.05, 4.69) is 16.7 Å². The number of imide groups is 1. The highest BCUT2D eigenvalue weighted by Gasteiger charge is 2.40. The second-order valence-corrected chi connectivity index (χ2v) is 6.76. The first kappa shape index (κ1) is 16.8. The van der Waals surface area contributed by atoms with Crippen LogP contribution in [0, 0.1) is 0 Å². The number of carbonyl (C=O) groups is 3. The number of rotatable bonds is 3. The number of hydrogen-bond acceptors (Lipinski definition) is 5. The van der Waals surface area contributed by atoms with Gasteiger partial charge in [-0.3, -0.25) is 19.7 Å². The molecule has 26 heavy (non-hydrogen) atoms. The second kappa shape index (κ2) is 6.57. The summed E-state index contributed by atoms with van der Waals surface area (Å²) in [5, 5.41) is 5.61. The van der Waals surface area contributed by atoms with Gasteiger partial charge in [0.2, 0.25) is 11.8 Å². The Bertz CT molecular complexity index is 830. The van der Waals surface area contributed by atoms with Crippen LogP contribution in [0.3, 0.4) is 0 Å². The van der Waals surface area contributed by atoms with Crippen LogP contribution in [0.2, 0.25) is 0 Å². The van der Waals surface area contributed by atoms with Crippen LogP contribution in [0.5, 0.6) is 5.75 Å². The van der Waals surface area contributed by atoms with Crippen LogP contribution >= 0.6 is 0 Å². The zero-order valence-electron chi connectivity index (χ0n) is 14.6. The summed E-state index contributed by atoms with van der Waals surface area (Å²) in [6, 6.07) is 3.14. The molecule has 0 bridgehead atoms. The Hall–Kier alpha value is -2.67. The van der Waals surface area contributed by atoms with Crippen molar-refractivity contribution in [3.05, 3.63) is 34.9 Å². The number of benzene rings is 1. The minimum atomic E-state index is -0.612. The van der Waals surface area contributed by atoms with Gasteiger partial charge in [0.25, 0.3) is 5.91 Å². The van der Waals surface area contributed by atoms with Crippen LogP contribution in [-0.2, 0) is 16.1 Å². The standard InChI is InChI=1S/C19H21N3O4/c1-26-17-12(11-6-8-20-9-7-11)2-3-13-14(17)10-22(19(13)25)15-4-5-16(23)21-18(15)24/h2-3,6,15,20H,4-5,7-10H2,1H3,(H,21,23,24). The summed E-state index contributed by atoms with van der Waals surface area (Å²) in [5.74, 6) is -0.159. The molecule has 1 aromatic carbocycles. The Balaban J connectivity index is 1.68. The summed E-state index contributed by atoms with van der Waals surface area (Å²) in [5.41, 5.74) is 3.60. The lowest BCUT2D eigenvalue weighted by molar-refractivity contribution is -0.136. The van der Waals surface area contributed by atoms with Crippen LogP contribution in [0.1, 0.15) is 40.7 Å². The van der Waals surface area contributed by atoms with E-state index < -0.39 is 11.9 Å². The molecule has 7 nitrogen and oxygen atoms in total. The molecule has 1 atom stereocenters. The SMILES string of the molecule is COc1c(C2=CCNCC2)ccc2c1CN(C1CCC(=O)NC1=O)C2=O. The fraction of sp³-hybridized carbons (Fsp3) is 0.421. The summed E-state index contributed by atoms with van der Waals surface area (Å²) >= 11 is 0. The van der Waals surface area contributed by atoms with Gasteiger partial charge in [0.05, 0.1) is 13.7 Å². The topological polar surface area (TPSA) is 87.7 Å². The fourth-order valence-corrected chi connectivity index (χ4v) is 3.97. The first-order valence-electron chi connectivity index (χ1n) is 8.85. The summed E-state index contributed by atoms with van der Waals surface area (Å²) in [6.07, 6.45) is 3.65. The number of fused-ring (bicyclic) bond motifs is 1. The first-order valence-corrected chi connectivity index (χ1v) is 8.85. The third-order valence-electron chi connectivity index (χ3n) is 5.28. The van der Waals surface area contributed by atoms with Gasteiger partial charge in [-0.25, -0.2) is 0 Å². The number of nitrogens with zero attached hydrogens (tertiary/aromatic N) is 1. The highest BCUT2D eigenvalue weighted by molar-refractivity contribution is 6.06. The highest BCUT2D eigenvalue weighted by Crippen LogP contribution is 2.39. The smallest absolute Gasteiger partial charge is 0.255 e. The number of hydrogen-bond donors (Lipinski definition) is 2. The number of nitrogens with one attached hydrogen (secondary N) is 2. The highest BCUT2D eigenvalue weighted by atomic mass is 16.5. The van der Waals surface area contributed by atoms with Crippen molar-refractivity contribution in [3.8, 4) is 5.75 Å². The third kappa shape index (κ3) is 2.68. The van der Waals surface area contributed by atoms with E-state index in [-0.39, 0.29) is 18.2 Å².